The zero-order valence-electron chi connectivity index (χ0n) is 13.1. The molecule has 22 heavy (non-hydrogen) atoms. The van der Waals surface area contributed by atoms with Gasteiger partial charge in [0.15, 0.2) is 9.84 Å². The smallest absolute Gasteiger partial charge is 0.236 e. The Morgan fingerprint density at radius 3 is 2.59 bits per heavy atom. The molecule has 2 heterocycles. The van der Waals surface area contributed by atoms with Crippen molar-refractivity contribution in [2.24, 2.45) is 0 Å². The molecule has 1 aliphatic heterocycles. The number of amides is 1. The third-order valence-corrected chi connectivity index (χ3v) is 5.84. The van der Waals surface area contributed by atoms with Crippen LogP contribution in [0, 0.1) is 0 Å². The van der Waals surface area contributed by atoms with E-state index in [0.717, 1.165) is 13.0 Å². The maximum absolute atomic E-state index is 12.2. The SMILES string of the molecule is CN(CCc1ccncc1)CC(=O)N(C)C1CCS(=O)(=O)C1. The molecule has 0 N–H and O–H groups in total. The van der Waals surface area contributed by atoms with Crippen molar-refractivity contribution in [3.63, 3.8) is 0 Å². The van der Waals surface area contributed by atoms with Crippen LogP contribution in [-0.2, 0) is 21.1 Å². The standard InChI is InChI=1S/C15H23N3O3S/c1-17(9-5-13-3-7-16-8-4-13)11-15(19)18(2)14-6-10-22(20,21)12-14/h3-4,7-8,14H,5-6,9-12H2,1-2H3. The van der Waals surface area contributed by atoms with Gasteiger partial charge in [0, 0.05) is 32.0 Å². The summed E-state index contributed by atoms with van der Waals surface area (Å²) in [4.78, 5) is 19.8. The lowest BCUT2D eigenvalue weighted by Crippen LogP contribution is -2.43. The molecule has 0 aromatic carbocycles. The first kappa shape index (κ1) is 16.9. The molecule has 1 aliphatic rings. The van der Waals surface area contributed by atoms with Crippen molar-refractivity contribution in [2.75, 3.05) is 38.7 Å². The van der Waals surface area contributed by atoms with Crippen molar-refractivity contribution < 1.29 is 13.2 Å². The third kappa shape index (κ3) is 4.78. The monoisotopic (exact) mass is 325 g/mol. The second-order valence-electron chi connectivity index (χ2n) is 5.90. The van der Waals surface area contributed by atoms with Crippen LogP contribution in [0.4, 0.5) is 0 Å². The molecule has 2 rings (SSSR count). The normalized spacial score (nSPS) is 20.2. The van der Waals surface area contributed by atoms with Gasteiger partial charge in [-0.1, -0.05) is 0 Å². The van der Waals surface area contributed by atoms with Gasteiger partial charge in [-0.25, -0.2) is 8.42 Å². The summed E-state index contributed by atoms with van der Waals surface area (Å²) >= 11 is 0. The Bertz CT molecular complexity index is 604. The maximum Gasteiger partial charge on any atom is 0.236 e. The molecular formula is C15H23N3O3S. The highest BCUT2D eigenvalue weighted by Gasteiger charge is 2.32. The Kier molecular flexibility index (Phi) is 5.52. The van der Waals surface area contributed by atoms with Crippen LogP contribution in [-0.4, -0.2) is 73.8 Å². The Hall–Kier alpha value is -1.47. The van der Waals surface area contributed by atoms with E-state index >= 15 is 0 Å². The molecule has 7 heteroatoms. The number of likely N-dealkylation sites (N-methyl/N-ethyl adjacent to an activating group) is 2. The van der Waals surface area contributed by atoms with Crippen molar-refractivity contribution in [3.05, 3.63) is 30.1 Å². The largest absolute Gasteiger partial charge is 0.341 e. The quantitative estimate of drug-likeness (QED) is 0.747. The molecule has 0 spiro atoms. The first-order valence-corrected chi connectivity index (χ1v) is 9.23. The number of hydrogen-bond donors (Lipinski definition) is 0. The summed E-state index contributed by atoms with van der Waals surface area (Å²) in [5.41, 5.74) is 1.18. The minimum Gasteiger partial charge on any atom is -0.341 e. The lowest BCUT2D eigenvalue weighted by atomic mass is 10.2. The van der Waals surface area contributed by atoms with Crippen LogP contribution in [0.5, 0.6) is 0 Å². The molecule has 1 aromatic rings. The molecule has 1 fully saturated rings. The van der Waals surface area contributed by atoms with E-state index in [9.17, 15) is 13.2 Å². The average molecular weight is 325 g/mol. The number of hydrogen-bond acceptors (Lipinski definition) is 5. The van der Waals surface area contributed by atoms with E-state index in [2.05, 4.69) is 4.98 Å². The summed E-state index contributed by atoms with van der Waals surface area (Å²) in [5, 5.41) is 0. The van der Waals surface area contributed by atoms with E-state index in [-0.39, 0.29) is 23.5 Å². The Labute approximate surface area is 132 Å². The molecule has 122 valence electrons. The molecule has 1 saturated heterocycles. The minimum absolute atomic E-state index is 0.0284. The second kappa shape index (κ2) is 7.19. The number of aromatic nitrogens is 1. The Balaban J connectivity index is 1.78. The first-order valence-electron chi connectivity index (χ1n) is 7.41. The van der Waals surface area contributed by atoms with E-state index in [1.54, 1.807) is 24.3 Å². The van der Waals surface area contributed by atoms with Crippen LogP contribution in [0.15, 0.2) is 24.5 Å². The lowest BCUT2D eigenvalue weighted by molar-refractivity contribution is -0.132. The second-order valence-corrected chi connectivity index (χ2v) is 8.13. The van der Waals surface area contributed by atoms with Crippen LogP contribution in [0.1, 0.15) is 12.0 Å². The van der Waals surface area contributed by atoms with Crippen molar-refractivity contribution in [2.45, 2.75) is 18.9 Å². The van der Waals surface area contributed by atoms with Crippen molar-refractivity contribution >= 4 is 15.7 Å². The fraction of sp³-hybridized carbons (Fsp3) is 0.600. The molecule has 0 radical (unpaired) electrons. The van der Waals surface area contributed by atoms with E-state index in [0.29, 0.717) is 13.0 Å². The fourth-order valence-electron chi connectivity index (χ4n) is 2.58. The van der Waals surface area contributed by atoms with Gasteiger partial charge in [0.1, 0.15) is 0 Å². The van der Waals surface area contributed by atoms with Gasteiger partial charge in [-0.2, -0.15) is 0 Å². The van der Waals surface area contributed by atoms with Crippen molar-refractivity contribution in [1.82, 2.24) is 14.8 Å². The third-order valence-electron chi connectivity index (χ3n) is 4.09. The molecule has 1 unspecified atom stereocenters. The summed E-state index contributed by atoms with van der Waals surface area (Å²) in [7, 11) is 0.638. The zero-order chi connectivity index (χ0) is 16.2. The van der Waals surface area contributed by atoms with Crippen LogP contribution in [0.3, 0.4) is 0 Å². The molecule has 1 aromatic heterocycles. The van der Waals surface area contributed by atoms with Gasteiger partial charge in [0.25, 0.3) is 0 Å². The number of nitrogens with zero attached hydrogens (tertiary/aromatic N) is 3. The number of rotatable bonds is 6. The van der Waals surface area contributed by atoms with Gasteiger partial charge in [-0.15, -0.1) is 0 Å². The molecule has 0 bridgehead atoms. The topological polar surface area (TPSA) is 70.6 Å². The molecule has 0 saturated carbocycles. The summed E-state index contributed by atoms with van der Waals surface area (Å²) in [6.07, 6.45) is 4.92. The predicted octanol–water partition coefficient (Wildman–Crippen LogP) is 0.201. The highest BCUT2D eigenvalue weighted by atomic mass is 32.2. The zero-order valence-corrected chi connectivity index (χ0v) is 13.9. The van der Waals surface area contributed by atoms with E-state index in [4.69, 9.17) is 0 Å². The molecule has 6 nitrogen and oxygen atoms in total. The highest BCUT2D eigenvalue weighted by molar-refractivity contribution is 7.91. The van der Waals surface area contributed by atoms with E-state index < -0.39 is 9.84 Å². The van der Waals surface area contributed by atoms with E-state index in [1.807, 2.05) is 24.1 Å². The van der Waals surface area contributed by atoms with Crippen molar-refractivity contribution in [3.8, 4) is 0 Å². The number of carbonyl (C=O) groups excluding carboxylic acids is 1. The lowest BCUT2D eigenvalue weighted by Gasteiger charge is -2.26. The summed E-state index contributed by atoms with van der Waals surface area (Å²) in [6.45, 7) is 1.07. The molecule has 1 amide bonds. The number of carbonyl (C=O) groups is 1. The van der Waals surface area contributed by atoms with Gasteiger partial charge in [0.05, 0.1) is 18.1 Å². The van der Waals surface area contributed by atoms with Crippen LogP contribution in [0.25, 0.3) is 0 Å². The average Bonchev–Trinajstić information content (AvgIpc) is 2.85. The van der Waals surface area contributed by atoms with Gasteiger partial charge >= 0.3 is 0 Å². The molecule has 0 aliphatic carbocycles. The first-order chi connectivity index (χ1) is 10.4. The van der Waals surface area contributed by atoms with Crippen LogP contribution >= 0.6 is 0 Å². The molecule has 1 atom stereocenters. The van der Waals surface area contributed by atoms with Gasteiger partial charge < -0.3 is 4.90 Å². The highest BCUT2D eigenvalue weighted by Crippen LogP contribution is 2.16. The Morgan fingerprint density at radius 2 is 2.00 bits per heavy atom. The number of sulfone groups is 1. The van der Waals surface area contributed by atoms with E-state index in [1.165, 1.54) is 5.56 Å². The minimum atomic E-state index is -2.96. The van der Waals surface area contributed by atoms with Crippen molar-refractivity contribution in [1.29, 1.82) is 0 Å². The summed E-state index contributed by atoms with van der Waals surface area (Å²) in [5.74, 6) is 0.252. The van der Waals surface area contributed by atoms with Crippen LogP contribution in [0.2, 0.25) is 0 Å². The van der Waals surface area contributed by atoms with Gasteiger partial charge in [0.2, 0.25) is 5.91 Å². The maximum atomic E-state index is 12.2. The van der Waals surface area contributed by atoms with Gasteiger partial charge in [-0.05, 0) is 37.6 Å². The Morgan fingerprint density at radius 1 is 1.32 bits per heavy atom. The predicted molar refractivity (Wildman–Crippen MR) is 85.3 cm³/mol. The summed E-state index contributed by atoms with van der Waals surface area (Å²) < 4.78 is 23.0. The molecular weight excluding hydrogens is 302 g/mol. The van der Waals surface area contributed by atoms with Gasteiger partial charge in [-0.3, -0.25) is 14.7 Å². The fourth-order valence-corrected chi connectivity index (χ4v) is 4.35. The number of pyridine rings is 1. The van der Waals surface area contributed by atoms with Crippen LogP contribution < -0.4 is 0 Å². The summed E-state index contributed by atoms with van der Waals surface area (Å²) in [6, 6.07) is 3.75.